The van der Waals surface area contributed by atoms with Gasteiger partial charge in [-0.05, 0) is 11.3 Å². The lowest BCUT2D eigenvalue weighted by Gasteiger charge is -2.33. The molecule has 0 aromatic carbocycles. The van der Waals surface area contributed by atoms with Crippen molar-refractivity contribution in [1.82, 2.24) is 5.16 Å². The molecule has 2 heterocycles. The van der Waals surface area contributed by atoms with Crippen molar-refractivity contribution in [2.45, 2.75) is 27.2 Å². The van der Waals surface area contributed by atoms with Crippen LogP contribution in [0.4, 0.5) is 5.69 Å². The number of hydrogen-bond donors (Lipinski definition) is 1. The summed E-state index contributed by atoms with van der Waals surface area (Å²) in [5.41, 5.74) is 2.48. The summed E-state index contributed by atoms with van der Waals surface area (Å²) < 4.78 is 4.92. The second kappa shape index (κ2) is 2.76. The van der Waals surface area contributed by atoms with Crippen molar-refractivity contribution in [2.24, 2.45) is 11.3 Å². The van der Waals surface area contributed by atoms with Crippen molar-refractivity contribution in [2.75, 3.05) is 11.9 Å². The summed E-state index contributed by atoms with van der Waals surface area (Å²) in [6, 6.07) is 0. The van der Waals surface area contributed by atoms with Gasteiger partial charge < -0.3 is 9.84 Å². The first-order chi connectivity index (χ1) is 6.07. The molecule has 1 N–H and O–H groups in total. The van der Waals surface area contributed by atoms with E-state index in [1.54, 1.807) is 6.26 Å². The summed E-state index contributed by atoms with van der Waals surface area (Å²) in [5.74, 6) is 0.644. The van der Waals surface area contributed by atoms with E-state index < -0.39 is 0 Å². The van der Waals surface area contributed by atoms with Crippen molar-refractivity contribution in [1.29, 1.82) is 0 Å². The Hall–Kier alpha value is -0.990. The largest absolute Gasteiger partial charge is 0.381 e. The van der Waals surface area contributed by atoms with Crippen molar-refractivity contribution >= 4 is 5.69 Å². The van der Waals surface area contributed by atoms with Gasteiger partial charge in [0.15, 0.2) is 0 Å². The number of fused-ring (bicyclic) bond motifs is 1. The normalized spacial score (nSPS) is 22.2. The average Bonchev–Trinajstić information content (AvgIpc) is 2.47. The van der Waals surface area contributed by atoms with Crippen LogP contribution in [0.1, 0.15) is 26.5 Å². The zero-order valence-corrected chi connectivity index (χ0v) is 8.42. The molecule has 0 fully saturated rings. The predicted molar refractivity (Wildman–Crippen MR) is 51.6 cm³/mol. The lowest BCUT2D eigenvalue weighted by atomic mass is 9.76. The predicted octanol–water partition coefficient (Wildman–Crippen LogP) is 2.30. The average molecular weight is 180 g/mol. The van der Waals surface area contributed by atoms with Crippen molar-refractivity contribution in [3.8, 4) is 0 Å². The van der Waals surface area contributed by atoms with Crippen LogP contribution in [-0.2, 0) is 6.42 Å². The molecule has 1 aliphatic heterocycles. The zero-order chi connectivity index (χ0) is 9.47. The Balaban J connectivity index is 2.18. The molecular weight excluding hydrogens is 164 g/mol. The lowest BCUT2D eigenvalue weighted by Crippen LogP contribution is -2.32. The molecule has 2 rings (SSSR count). The standard InChI is InChI=1S/C10H16N2O/c1-10(2,3)7-4-8-9(11-5-7)6-13-12-8/h6-7,11H,4-5H2,1-3H3. The lowest BCUT2D eigenvalue weighted by molar-refractivity contribution is 0.243. The first-order valence-electron chi connectivity index (χ1n) is 4.74. The van der Waals surface area contributed by atoms with E-state index in [0.29, 0.717) is 11.3 Å². The van der Waals surface area contributed by atoms with E-state index in [2.05, 4.69) is 31.2 Å². The molecular formula is C10H16N2O. The maximum absolute atomic E-state index is 4.92. The van der Waals surface area contributed by atoms with Crippen LogP contribution in [0.25, 0.3) is 0 Å². The maximum atomic E-state index is 4.92. The van der Waals surface area contributed by atoms with Crippen LogP contribution in [0.15, 0.2) is 10.8 Å². The quantitative estimate of drug-likeness (QED) is 0.665. The molecule has 0 aliphatic carbocycles. The van der Waals surface area contributed by atoms with Gasteiger partial charge in [-0.25, -0.2) is 0 Å². The van der Waals surface area contributed by atoms with Gasteiger partial charge in [-0.3, -0.25) is 0 Å². The molecule has 13 heavy (non-hydrogen) atoms. The van der Waals surface area contributed by atoms with Gasteiger partial charge in [0.1, 0.15) is 12.0 Å². The van der Waals surface area contributed by atoms with E-state index >= 15 is 0 Å². The highest BCUT2D eigenvalue weighted by Crippen LogP contribution is 2.34. The first kappa shape index (κ1) is 8.60. The maximum Gasteiger partial charge on any atom is 0.147 e. The number of nitrogens with zero attached hydrogens (tertiary/aromatic N) is 1. The minimum Gasteiger partial charge on any atom is -0.381 e. The SMILES string of the molecule is CC(C)(C)C1CNc2conc2C1. The van der Waals surface area contributed by atoms with Crippen molar-refractivity contribution in [3.63, 3.8) is 0 Å². The van der Waals surface area contributed by atoms with Gasteiger partial charge in [0.05, 0.1) is 5.69 Å². The number of hydrogen-bond acceptors (Lipinski definition) is 3. The Labute approximate surface area is 78.5 Å². The van der Waals surface area contributed by atoms with Gasteiger partial charge in [0.25, 0.3) is 0 Å². The van der Waals surface area contributed by atoms with Gasteiger partial charge in [-0.1, -0.05) is 25.9 Å². The third kappa shape index (κ3) is 1.55. The van der Waals surface area contributed by atoms with E-state index in [1.165, 1.54) is 0 Å². The van der Waals surface area contributed by atoms with Crippen LogP contribution in [-0.4, -0.2) is 11.7 Å². The van der Waals surface area contributed by atoms with E-state index in [1.807, 2.05) is 0 Å². The highest BCUT2D eigenvalue weighted by molar-refractivity contribution is 5.47. The summed E-state index contributed by atoms with van der Waals surface area (Å²) in [4.78, 5) is 0. The summed E-state index contributed by atoms with van der Waals surface area (Å²) >= 11 is 0. The molecule has 0 bridgehead atoms. The molecule has 0 saturated carbocycles. The van der Waals surface area contributed by atoms with Crippen molar-refractivity contribution < 1.29 is 4.52 Å². The molecule has 1 aromatic rings. The molecule has 0 spiro atoms. The van der Waals surface area contributed by atoms with Crippen LogP contribution < -0.4 is 5.32 Å². The molecule has 3 nitrogen and oxygen atoms in total. The topological polar surface area (TPSA) is 38.1 Å². The summed E-state index contributed by atoms with van der Waals surface area (Å²) in [6.45, 7) is 7.83. The molecule has 1 aromatic heterocycles. The number of nitrogens with one attached hydrogen (secondary N) is 1. The molecule has 0 radical (unpaired) electrons. The molecule has 72 valence electrons. The third-order valence-electron chi connectivity index (χ3n) is 2.85. The summed E-state index contributed by atoms with van der Waals surface area (Å²) in [5, 5.41) is 7.33. The highest BCUT2D eigenvalue weighted by atomic mass is 16.5. The molecule has 0 amide bonds. The van der Waals surface area contributed by atoms with Crippen LogP contribution in [0.2, 0.25) is 0 Å². The smallest absolute Gasteiger partial charge is 0.147 e. The van der Waals surface area contributed by atoms with Crippen LogP contribution in [0, 0.1) is 11.3 Å². The Bertz CT molecular complexity index is 298. The van der Waals surface area contributed by atoms with E-state index in [0.717, 1.165) is 24.3 Å². The number of rotatable bonds is 0. The molecule has 3 heteroatoms. The fourth-order valence-electron chi connectivity index (χ4n) is 1.70. The van der Waals surface area contributed by atoms with Crippen LogP contribution in [0.5, 0.6) is 0 Å². The Morgan fingerprint density at radius 1 is 1.54 bits per heavy atom. The van der Waals surface area contributed by atoms with E-state index in [4.69, 9.17) is 4.52 Å². The third-order valence-corrected chi connectivity index (χ3v) is 2.85. The van der Waals surface area contributed by atoms with Gasteiger partial charge in [0.2, 0.25) is 0 Å². The second-order valence-electron chi connectivity index (χ2n) is 4.82. The van der Waals surface area contributed by atoms with E-state index in [-0.39, 0.29) is 0 Å². The van der Waals surface area contributed by atoms with Crippen LogP contribution in [0.3, 0.4) is 0 Å². The molecule has 1 aliphatic rings. The first-order valence-corrected chi connectivity index (χ1v) is 4.74. The van der Waals surface area contributed by atoms with Gasteiger partial charge in [0, 0.05) is 13.0 Å². The minimum atomic E-state index is 0.337. The molecule has 1 unspecified atom stereocenters. The van der Waals surface area contributed by atoms with Crippen molar-refractivity contribution in [3.05, 3.63) is 12.0 Å². The zero-order valence-electron chi connectivity index (χ0n) is 8.42. The van der Waals surface area contributed by atoms with Gasteiger partial charge in [-0.15, -0.1) is 0 Å². The fraction of sp³-hybridized carbons (Fsp3) is 0.700. The fourth-order valence-corrected chi connectivity index (χ4v) is 1.70. The summed E-state index contributed by atoms with van der Waals surface area (Å²) in [6.07, 6.45) is 2.72. The summed E-state index contributed by atoms with van der Waals surface area (Å²) in [7, 11) is 0. The number of aromatic nitrogens is 1. The molecule has 1 atom stereocenters. The van der Waals surface area contributed by atoms with Crippen LogP contribution >= 0.6 is 0 Å². The Morgan fingerprint density at radius 2 is 2.31 bits per heavy atom. The van der Waals surface area contributed by atoms with Gasteiger partial charge in [-0.2, -0.15) is 0 Å². The number of anilines is 1. The van der Waals surface area contributed by atoms with Gasteiger partial charge >= 0.3 is 0 Å². The minimum absolute atomic E-state index is 0.337. The highest BCUT2D eigenvalue weighted by Gasteiger charge is 2.30. The Morgan fingerprint density at radius 3 is 3.00 bits per heavy atom. The monoisotopic (exact) mass is 180 g/mol. The second-order valence-corrected chi connectivity index (χ2v) is 4.82. The molecule has 0 saturated heterocycles. The van der Waals surface area contributed by atoms with E-state index in [9.17, 15) is 0 Å². The Kier molecular flexibility index (Phi) is 1.82.